The van der Waals surface area contributed by atoms with Crippen molar-refractivity contribution in [1.29, 1.82) is 0 Å². The molecule has 3 nitrogen and oxygen atoms in total. The Morgan fingerprint density at radius 2 is 1.24 bits per heavy atom. The van der Waals surface area contributed by atoms with E-state index in [-0.39, 0.29) is 0 Å². The van der Waals surface area contributed by atoms with Crippen LogP contribution in [0.2, 0.25) is 0 Å². The topological polar surface area (TPSA) is 19.4 Å². The van der Waals surface area contributed by atoms with E-state index in [1.807, 2.05) is 24.3 Å². The molecule has 0 unspecified atom stereocenters. The van der Waals surface area contributed by atoms with Crippen LogP contribution in [0.15, 0.2) is 66.9 Å². The lowest BCUT2D eigenvalue weighted by molar-refractivity contribution is -0.138. The van der Waals surface area contributed by atoms with Crippen molar-refractivity contribution in [2.75, 3.05) is 31.1 Å². The van der Waals surface area contributed by atoms with Gasteiger partial charge in [0.05, 0.1) is 16.8 Å². The molecule has 4 rings (SSSR count). The number of halogens is 6. The Labute approximate surface area is 187 Å². The van der Waals surface area contributed by atoms with Gasteiger partial charge in [0, 0.05) is 50.2 Å². The highest BCUT2D eigenvalue weighted by Crippen LogP contribution is 2.31. The predicted octanol–water partition coefficient (Wildman–Crippen LogP) is 6.11. The standard InChI is InChI=1S/C24H21F6N3/c25-23(26,27)19-5-8-21(9-6-19)33-13-11-32(12-14-33)16-17-1-3-18(4-2-17)22-10-7-20(15-31-22)24(28,29)30/h1-10,15H,11-14,16H2. The molecule has 9 heteroatoms. The molecule has 0 aliphatic carbocycles. The van der Waals surface area contributed by atoms with Gasteiger partial charge >= 0.3 is 12.4 Å². The molecule has 1 saturated heterocycles. The average molecular weight is 465 g/mol. The highest BCUT2D eigenvalue weighted by Gasteiger charge is 2.31. The van der Waals surface area contributed by atoms with Crippen molar-refractivity contribution in [3.05, 3.63) is 83.6 Å². The van der Waals surface area contributed by atoms with Crippen LogP contribution in [0, 0.1) is 0 Å². The minimum Gasteiger partial charge on any atom is -0.369 e. The van der Waals surface area contributed by atoms with E-state index in [2.05, 4.69) is 14.8 Å². The zero-order valence-electron chi connectivity index (χ0n) is 17.5. The second-order valence-electron chi connectivity index (χ2n) is 7.93. The maximum absolute atomic E-state index is 12.7. The van der Waals surface area contributed by atoms with Crippen molar-refractivity contribution < 1.29 is 26.3 Å². The molecular weight excluding hydrogens is 444 g/mol. The van der Waals surface area contributed by atoms with Crippen LogP contribution in [-0.2, 0) is 18.9 Å². The molecule has 1 aliphatic rings. The van der Waals surface area contributed by atoms with Crippen LogP contribution in [0.25, 0.3) is 11.3 Å². The molecule has 1 aromatic heterocycles. The van der Waals surface area contributed by atoms with E-state index in [1.165, 1.54) is 18.2 Å². The molecule has 0 spiro atoms. The third-order valence-corrected chi connectivity index (χ3v) is 5.68. The highest BCUT2D eigenvalue weighted by molar-refractivity contribution is 5.59. The second kappa shape index (κ2) is 9.05. The molecule has 0 radical (unpaired) electrons. The number of pyridine rings is 1. The smallest absolute Gasteiger partial charge is 0.369 e. The number of hydrogen-bond donors (Lipinski definition) is 0. The van der Waals surface area contributed by atoms with Gasteiger partial charge in [-0.15, -0.1) is 0 Å². The van der Waals surface area contributed by atoms with Gasteiger partial charge in [0.25, 0.3) is 0 Å². The summed E-state index contributed by atoms with van der Waals surface area (Å²) in [6.07, 6.45) is -7.92. The van der Waals surface area contributed by atoms with E-state index in [9.17, 15) is 26.3 Å². The van der Waals surface area contributed by atoms with E-state index in [0.29, 0.717) is 25.3 Å². The molecule has 1 aliphatic heterocycles. The minimum absolute atomic E-state index is 0.472. The lowest BCUT2D eigenvalue weighted by Crippen LogP contribution is -2.45. The van der Waals surface area contributed by atoms with Crippen molar-refractivity contribution in [1.82, 2.24) is 9.88 Å². The summed E-state index contributed by atoms with van der Waals surface area (Å²) in [6.45, 7) is 3.66. The van der Waals surface area contributed by atoms with Crippen molar-refractivity contribution in [3.8, 4) is 11.3 Å². The van der Waals surface area contributed by atoms with Crippen LogP contribution < -0.4 is 4.90 Å². The fourth-order valence-electron chi connectivity index (χ4n) is 3.80. The summed E-state index contributed by atoms with van der Waals surface area (Å²) in [5.74, 6) is 0. The Morgan fingerprint density at radius 3 is 1.76 bits per heavy atom. The third-order valence-electron chi connectivity index (χ3n) is 5.68. The van der Waals surface area contributed by atoms with Gasteiger partial charge in [-0.1, -0.05) is 24.3 Å². The number of piperazine rings is 1. The molecule has 0 bridgehead atoms. The van der Waals surface area contributed by atoms with Gasteiger partial charge < -0.3 is 4.90 Å². The Morgan fingerprint density at radius 1 is 0.667 bits per heavy atom. The van der Waals surface area contributed by atoms with Gasteiger partial charge in [0.15, 0.2) is 0 Å². The molecule has 0 atom stereocenters. The number of alkyl halides is 6. The van der Waals surface area contributed by atoms with Crippen molar-refractivity contribution in [3.63, 3.8) is 0 Å². The number of nitrogens with zero attached hydrogens (tertiary/aromatic N) is 3. The zero-order chi connectivity index (χ0) is 23.6. The fourth-order valence-corrected chi connectivity index (χ4v) is 3.80. The van der Waals surface area contributed by atoms with Crippen molar-refractivity contribution in [2.45, 2.75) is 18.9 Å². The van der Waals surface area contributed by atoms with Crippen LogP contribution in [0.1, 0.15) is 16.7 Å². The van der Waals surface area contributed by atoms with Gasteiger partial charge in [-0.3, -0.25) is 9.88 Å². The number of rotatable bonds is 4. The van der Waals surface area contributed by atoms with Crippen molar-refractivity contribution in [2.24, 2.45) is 0 Å². The minimum atomic E-state index is -4.41. The lowest BCUT2D eigenvalue weighted by atomic mass is 10.1. The Kier molecular flexibility index (Phi) is 6.34. The first kappa shape index (κ1) is 23.1. The summed E-state index contributed by atoms with van der Waals surface area (Å²) in [7, 11) is 0. The normalized spacial score (nSPS) is 15.6. The highest BCUT2D eigenvalue weighted by atomic mass is 19.4. The second-order valence-corrected chi connectivity index (χ2v) is 7.93. The quantitative estimate of drug-likeness (QED) is 0.434. The summed E-state index contributed by atoms with van der Waals surface area (Å²) < 4.78 is 76.3. The lowest BCUT2D eigenvalue weighted by Gasteiger charge is -2.36. The van der Waals surface area contributed by atoms with E-state index < -0.39 is 23.5 Å². The van der Waals surface area contributed by atoms with Crippen LogP contribution in [0.3, 0.4) is 0 Å². The molecule has 174 valence electrons. The fraction of sp³-hybridized carbons (Fsp3) is 0.292. The van der Waals surface area contributed by atoms with E-state index in [4.69, 9.17) is 0 Å². The van der Waals surface area contributed by atoms with Gasteiger partial charge in [0.1, 0.15) is 0 Å². The van der Waals surface area contributed by atoms with Gasteiger partial charge in [-0.2, -0.15) is 26.3 Å². The zero-order valence-corrected chi connectivity index (χ0v) is 17.5. The molecule has 0 saturated carbocycles. The maximum Gasteiger partial charge on any atom is 0.417 e. The summed E-state index contributed by atoms with van der Waals surface area (Å²) in [5, 5.41) is 0. The molecule has 3 aromatic rings. The summed E-state index contributed by atoms with van der Waals surface area (Å²) >= 11 is 0. The van der Waals surface area contributed by atoms with Crippen LogP contribution in [-0.4, -0.2) is 36.1 Å². The number of aromatic nitrogens is 1. The monoisotopic (exact) mass is 465 g/mol. The third kappa shape index (κ3) is 5.65. The Hall–Kier alpha value is -3.07. The summed E-state index contributed by atoms with van der Waals surface area (Å²) in [6, 6.07) is 15.1. The molecule has 2 heterocycles. The molecule has 1 fully saturated rings. The van der Waals surface area contributed by atoms with Gasteiger partial charge in [-0.05, 0) is 42.0 Å². The average Bonchev–Trinajstić information content (AvgIpc) is 2.79. The van der Waals surface area contributed by atoms with Crippen molar-refractivity contribution >= 4 is 5.69 Å². The van der Waals surface area contributed by atoms with Gasteiger partial charge in [-0.25, -0.2) is 0 Å². The van der Waals surface area contributed by atoms with Gasteiger partial charge in [0.2, 0.25) is 0 Å². The van der Waals surface area contributed by atoms with Crippen LogP contribution in [0.4, 0.5) is 32.0 Å². The molecule has 2 aromatic carbocycles. The van der Waals surface area contributed by atoms with E-state index >= 15 is 0 Å². The summed E-state index contributed by atoms with van der Waals surface area (Å²) in [5.41, 5.74) is 1.61. The summed E-state index contributed by atoms with van der Waals surface area (Å²) in [4.78, 5) is 8.24. The van der Waals surface area contributed by atoms with E-state index in [1.54, 1.807) is 0 Å². The largest absolute Gasteiger partial charge is 0.417 e. The first-order valence-electron chi connectivity index (χ1n) is 10.4. The molecule has 0 amide bonds. The Bertz CT molecular complexity index is 1050. The van der Waals surface area contributed by atoms with Crippen LogP contribution >= 0.6 is 0 Å². The number of anilines is 1. The SMILES string of the molecule is FC(F)(F)c1ccc(N2CCN(Cc3ccc(-c4ccc(C(F)(F)F)cn4)cc3)CC2)cc1. The Balaban J connectivity index is 1.32. The molecule has 33 heavy (non-hydrogen) atoms. The number of hydrogen-bond acceptors (Lipinski definition) is 3. The molecule has 0 N–H and O–H groups in total. The first-order chi connectivity index (χ1) is 15.6. The predicted molar refractivity (Wildman–Crippen MR) is 114 cm³/mol. The molecular formula is C24H21F6N3. The van der Waals surface area contributed by atoms with Crippen LogP contribution in [0.5, 0.6) is 0 Å². The maximum atomic E-state index is 12.7. The van der Waals surface area contributed by atoms with E-state index in [0.717, 1.165) is 54.3 Å². The number of benzene rings is 2. The first-order valence-corrected chi connectivity index (χ1v) is 10.4.